The van der Waals surface area contributed by atoms with Gasteiger partial charge < -0.3 is 5.11 Å². The van der Waals surface area contributed by atoms with Crippen LogP contribution in [0.5, 0.6) is 0 Å². The molecule has 0 aliphatic heterocycles. The highest BCUT2D eigenvalue weighted by Crippen LogP contribution is 2.21. The summed E-state index contributed by atoms with van der Waals surface area (Å²) < 4.78 is 26.8. The van der Waals surface area contributed by atoms with Crippen molar-refractivity contribution in [3.8, 4) is 0 Å². The van der Waals surface area contributed by atoms with Crippen molar-refractivity contribution in [2.45, 2.75) is 11.8 Å². The van der Waals surface area contributed by atoms with Gasteiger partial charge in [0.1, 0.15) is 6.33 Å². The third-order valence-electron chi connectivity index (χ3n) is 2.62. The quantitative estimate of drug-likeness (QED) is 0.879. The molecule has 8 heteroatoms. The molecule has 1 aromatic heterocycles. The van der Waals surface area contributed by atoms with Gasteiger partial charge in [0.15, 0.2) is 0 Å². The minimum Gasteiger partial charge on any atom is -0.478 e. The second-order valence-corrected chi connectivity index (χ2v) is 5.62. The first kappa shape index (κ1) is 13.9. The number of benzene rings is 1. The molecule has 0 unspecified atom stereocenters. The second kappa shape index (κ2) is 5.25. The number of hydrogen-bond acceptors (Lipinski definition) is 5. The van der Waals surface area contributed by atoms with Crippen molar-refractivity contribution in [1.29, 1.82) is 0 Å². The maximum Gasteiger partial charge on any atom is 0.335 e. The van der Waals surface area contributed by atoms with E-state index in [4.69, 9.17) is 5.11 Å². The van der Waals surface area contributed by atoms with Crippen molar-refractivity contribution in [3.63, 3.8) is 0 Å². The lowest BCUT2D eigenvalue weighted by molar-refractivity contribution is 0.0696. The third kappa shape index (κ3) is 2.75. The van der Waals surface area contributed by atoms with E-state index in [1.54, 1.807) is 0 Å². The fourth-order valence-electron chi connectivity index (χ4n) is 1.70. The minimum atomic E-state index is -3.89. The highest BCUT2D eigenvalue weighted by Gasteiger charge is 2.20. The van der Waals surface area contributed by atoms with Crippen LogP contribution in [0.25, 0.3) is 0 Å². The van der Waals surface area contributed by atoms with E-state index in [9.17, 15) is 13.2 Å². The molecule has 2 aromatic rings. The Morgan fingerprint density at radius 1 is 1.25 bits per heavy atom. The fraction of sp³-hybridized carbons (Fsp3) is 0.0833. The predicted molar refractivity (Wildman–Crippen MR) is 71.0 cm³/mol. The van der Waals surface area contributed by atoms with Crippen molar-refractivity contribution in [2.24, 2.45) is 0 Å². The largest absolute Gasteiger partial charge is 0.478 e. The van der Waals surface area contributed by atoms with Gasteiger partial charge in [-0.1, -0.05) is 6.07 Å². The molecule has 2 rings (SSSR count). The molecule has 0 aliphatic carbocycles. The van der Waals surface area contributed by atoms with Gasteiger partial charge in [-0.25, -0.2) is 23.2 Å². The van der Waals surface area contributed by atoms with E-state index in [1.807, 2.05) is 0 Å². The van der Waals surface area contributed by atoms with Crippen LogP contribution in [-0.4, -0.2) is 29.5 Å². The Labute approximate surface area is 115 Å². The van der Waals surface area contributed by atoms with E-state index < -0.39 is 16.0 Å². The number of carboxylic acid groups (broad SMARTS) is 1. The maximum atomic E-state index is 12.2. The van der Waals surface area contributed by atoms with E-state index in [0.29, 0.717) is 0 Å². The van der Waals surface area contributed by atoms with Crippen LogP contribution < -0.4 is 4.72 Å². The lowest BCUT2D eigenvalue weighted by Gasteiger charge is -2.11. The van der Waals surface area contributed by atoms with Crippen molar-refractivity contribution >= 4 is 21.7 Å². The van der Waals surface area contributed by atoms with Gasteiger partial charge in [-0.15, -0.1) is 0 Å². The monoisotopic (exact) mass is 293 g/mol. The summed E-state index contributed by atoms with van der Waals surface area (Å²) in [6.45, 7) is 1.44. The summed E-state index contributed by atoms with van der Waals surface area (Å²) in [4.78, 5) is 18.3. The molecule has 0 saturated heterocycles. The Kier molecular flexibility index (Phi) is 3.66. The molecule has 0 spiro atoms. The van der Waals surface area contributed by atoms with E-state index in [-0.39, 0.29) is 21.7 Å². The van der Waals surface area contributed by atoms with Gasteiger partial charge in [-0.3, -0.25) is 4.72 Å². The van der Waals surface area contributed by atoms with Crippen molar-refractivity contribution in [2.75, 3.05) is 4.72 Å². The maximum absolute atomic E-state index is 12.2. The normalized spacial score (nSPS) is 11.1. The summed E-state index contributed by atoms with van der Waals surface area (Å²) in [6.07, 6.45) is 3.88. The number of rotatable bonds is 4. The Balaban J connectivity index is 2.45. The lowest BCUT2D eigenvalue weighted by atomic mass is 10.1. The molecule has 0 bridgehead atoms. The van der Waals surface area contributed by atoms with Crippen LogP contribution in [0.1, 0.15) is 15.9 Å². The Morgan fingerprint density at radius 3 is 2.50 bits per heavy atom. The summed E-state index contributed by atoms with van der Waals surface area (Å²) >= 11 is 0. The van der Waals surface area contributed by atoms with Crippen LogP contribution in [0.3, 0.4) is 0 Å². The zero-order valence-corrected chi connectivity index (χ0v) is 11.3. The number of aromatic nitrogens is 2. The van der Waals surface area contributed by atoms with Gasteiger partial charge in [-0.05, 0) is 24.6 Å². The van der Waals surface area contributed by atoms with Gasteiger partial charge >= 0.3 is 5.97 Å². The van der Waals surface area contributed by atoms with Crippen LogP contribution in [0.4, 0.5) is 5.69 Å². The van der Waals surface area contributed by atoms with Gasteiger partial charge in [0.2, 0.25) is 0 Å². The first-order valence-electron chi connectivity index (χ1n) is 5.52. The third-order valence-corrected chi connectivity index (χ3v) is 4.14. The molecule has 1 aromatic carbocycles. The molecule has 0 aliphatic rings. The number of carboxylic acids is 1. The van der Waals surface area contributed by atoms with Crippen LogP contribution in [0.2, 0.25) is 0 Å². The zero-order chi connectivity index (χ0) is 14.8. The molecule has 104 valence electrons. The number of aromatic carboxylic acids is 1. The van der Waals surface area contributed by atoms with Crippen molar-refractivity contribution < 1.29 is 18.3 Å². The molecule has 0 radical (unpaired) electrons. The molecule has 0 fully saturated rings. The summed E-state index contributed by atoms with van der Waals surface area (Å²) in [7, 11) is -3.89. The number of hydrogen-bond donors (Lipinski definition) is 2. The number of carbonyl (C=O) groups is 1. The number of nitrogens with zero attached hydrogens (tertiary/aromatic N) is 2. The second-order valence-electron chi connectivity index (χ2n) is 3.97. The molecule has 2 N–H and O–H groups in total. The van der Waals surface area contributed by atoms with Gasteiger partial charge in [0, 0.05) is 0 Å². The molecule has 0 amide bonds. The molecule has 20 heavy (non-hydrogen) atoms. The van der Waals surface area contributed by atoms with E-state index >= 15 is 0 Å². The van der Waals surface area contributed by atoms with E-state index in [2.05, 4.69) is 14.7 Å². The highest BCUT2D eigenvalue weighted by atomic mass is 32.2. The zero-order valence-electron chi connectivity index (χ0n) is 10.4. The average Bonchev–Trinajstić information content (AvgIpc) is 2.39. The Morgan fingerprint density at radius 2 is 1.90 bits per heavy atom. The number of nitrogens with one attached hydrogen (secondary N) is 1. The molecule has 1 heterocycles. The summed E-state index contributed by atoms with van der Waals surface area (Å²) in [5, 5.41) is 9.01. The van der Waals surface area contributed by atoms with E-state index in [0.717, 1.165) is 0 Å². The first-order chi connectivity index (χ1) is 9.42. The summed E-state index contributed by atoms with van der Waals surface area (Å²) in [5.41, 5.74) is 0.314. The predicted octanol–water partition coefficient (Wildman–Crippen LogP) is 1.28. The standard InChI is InChI=1S/C12H11N3O4S/c1-8-10(12(16)17)3-2-4-11(8)20(18,19)15-9-5-13-7-14-6-9/h2-7,15H,1H3,(H,16,17). The SMILES string of the molecule is Cc1c(C(=O)O)cccc1S(=O)(=O)Nc1cncnc1. The van der Waals surface area contributed by atoms with Gasteiger partial charge in [0.05, 0.1) is 28.5 Å². The van der Waals surface area contributed by atoms with Crippen molar-refractivity contribution in [3.05, 3.63) is 48.0 Å². The Bertz CT molecular complexity index is 745. The Hall–Kier alpha value is -2.48. The minimum absolute atomic E-state index is 0.0582. The van der Waals surface area contributed by atoms with Crippen LogP contribution in [0, 0.1) is 6.92 Å². The molecular formula is C12H11N3O4S. The summed E-state index contributed by atoms with van der Waals surface area (Å²) in [6, 6.07) is 4.07. The first-order valence-corrected chi connectivity index (χ1v) is 7.01. The van der Waals surface area contributed by atoms with Crippen molar-refractivity contribution in [1.82, 2.24) is 9.97 Å². The molecule has 0 saturated carbocycles. The molecule has 7 nitrogen and oxygen atoms in total. The van der Waals surface area contributed by atoms with E-state index in [1.165, 1.54) is 43.8 Å². The van der Waals surface area contributed by atoms with Gasteiger partial charge in [-0.2, -0.15) is 0 Å². The molecular weight excluding hydrogens is 282 g/mol. The van der Waals surface area contributed by atoms with Crippen LogP contribution in [0.15, 0.2) is 41.8 Å². The summed E-state index contributed by atoms with van der Waals surface area (Å²) in [5.74, 6) is -1.18. The van der Waals surface area contributed by atoms with Crippen LogP contribution >= 0.6 is 0 Å². The van der Waals surface area contributed by atoms with Gasteiger partial charge in [0.25, 0.3) is 10.0 Å². The fourth-order valence-corrected chi connectivity index (χ4v) is 3.00. The number of sulfonamides is 1. The highest BCUT2D eigenvalue weighted by molar-refractivity contribution is 7.92. The average molecular weight is 293 g/mol. The smallest absolute Gasteiger partial charge is 0.335 e. The van der Waals surface area contributed by atoms with Crippen LogP contribution in [-0.2, 0) is 10.0 Å². The number of anilines is 1. The molecule has 0 atom stereocenters. The lowest BCUT2D eigenvalue weighted by Crippen LogP contribution is -2.16. The topological polar surface area (TPSA) is 109 Å².